The average Bonchev–Trinajstić information content (AvgIpc) is 2.72. The fourth-order valence-electron chi connectivity index (χ4n) is 0.959. The number of nitrogens with one attached hydrogen (secondary N) is 3. The summed E-state index contributed by atoms with van der Waals surface area (Å²) in [6.07, 6.45) is -3.67. The van der Waals surface area contributed by atoms with Crippen molar-refractivity contribution in [3.05, 3.63) is 11.8 Å². The van der Waals surface area contributed by atoms with Crippen molar-refractivity contribution in [2.75, 3.05) is 11.3 Å². The standard InChI is InChI=1S/C6H9F3N6O3S/c7-6(8,9)2-12-19(17,18)15-5-3(1-11-13-5)4(10)14-16/h1,12,16H,2H2,(H2,10,14)(H2,11,13,15). The molecular weight excluding hydrogens is 293 g/mol. The number of nitrogens with two attached hydrogens (primary N) is 1. The summed E-state index contributed by atoms with van der Waals surface area (Å²) in [5, 5.41) is 16.6. The number of rotatable bonds is 5. The van der Waals surface area contributed by atoms with Crippen LogP contribution in [0.3, 0.4) is 0 Å². The molecule has 0 aromatic carbocycles. The van der Waals surface area contributed by atoms with Crippen LogP contribution in [0.15, 0.2) is 11.4 Å². The molecule has 1 rings (SSSR count). The second-order valence-corrected chi connectivity index (χ2v) is 4.69. The third-order valence-corrected chi connectivity index (χ3v) is 2.72. The summed E-state index contributed by atoms with van der Waals surface area (Å²) in [4.78, 5) is 0. The lowest BCUT2D eigenvalue weighted by molar-refractivity contribution is -0.121. The molecule has 0 unspecified atom stereocenters. The van der Waals surface area contributed by atoms with Crippen LogP contribution in [0.4, 0.5) is 19.0 Å². The maximum absolute atomic E-state index is 11.9. The highest BCUT2D eigenvalue weighted by molar-refractivity contribution is 7.90. The molecule has 0 atom stereocenters. The van der Waals surface area contributed by atoms with Gasteiger partial charge >= 0.3 is 16.4 Å². The number of hydrogen-bond acceptors (Lipinski definition) is 5. The van der Waals surface area contributed by atoms with Crippen molar-refractivity contribution in [2.24, 2.45) is 10.9 Å². The Morgan fingerprint density at radius 3 is 2.74 bits per heavy atom. The maximum Gasteiger partial charge on any atom is 0.402 e. The van der Waals surface area contributed by atoms with Gasteiger partial charge in [0, 0.05) is 0 Å². The predicted octanol–water partition coefficient (Wildman–Crippen LogP) is -0.687. The third-order valence-electron chi connectivity index (χ3n) is 1.72. The topological polar surface area (TPSA) is 145 Å². The number of amidine groups is 1. The Morgan fingerprint density at radius 1 is 1.58 bits per heavy atom. The Hall–Kier alpha value is -2.02. The molecule has 9 nitrogen and oxygen atoms in total. The maximum atomic E-state index is 11.9. The summed E-state index contributed by atoms with van der Waals surface area (Å²) in [5.41, 5.74) is 5.08. The molecule has 1 aromatic heterocycles. The lowest BCUT2D eigenvalue weighted by Gasteiger charge is -2.10. The smallest absolute Gasteiger partial charge is 0.402 e. The van der Waals surface area contributed by atoms with Gasteiger partial charge in [0.05, 0.1) is 11.8 Å². The van der Waals surface area contributed by atoms with E-state index in [0.717, 1.165) is 6.20 Å². The summed E-state index contributed by atoms with van der Waals surface area (Å²) in [6.45, 7) is -1.74. The molecule has 0 aliphatic rings. The van der Waals surface area contributed by atoms with Crippen LogP contribution in [0.1, 0.15) is 5.56 Å². The van der Waals surface area contributed by atoms with Gasteiger partial charge in [0.25, 0.3) is 0 Å². The first kappa shape index (κ1) is 15.0. The van der Waals surface area contributed by atoms with Crippen molar-refractivity contribution in [3.63, 3.8) is 0 Å². The molecule has 0 bridgehead atoms. The number of oxime groups is 1. The Kier molecular flexibility index (Phi) is 4.21. The van der Waals surface area contributed by atoms with E-state index in [-0.39, 0.29) is 11.4 Å². The third kappa shape index (κ3) is 4.63. The van der Waals surface area contributed by atoms with Gasteiger partial charge in [0.2, 0.25) is 0 Å². The molecule has 1 aromatic rings. The van der Waals surface area contributed by atoms with E-state index in [1.54, 1.807) is 4.72 Å². The molecule has 0 spiro atoms. The minimum atomic E-state index is -4.70. The van der Waals surface area contributed by atoms with E-state index >= 15 is 0 Å². The molecular formula is C6H9F3N6O3S. The fourth-order valence-corrected chi connectivity index (χ4v) is 1.81. The lowest BCUT2D eigenvalue weighted by Crippen LogP contribution is -2.37. The first-order valence-electron chi connectivity index (χ1n) is 4.50. The van der Waals surface area contributed by atoms with Crippen LogP contribution in [0.5, 0.6) is 0 Å². The van der Waals surface area contributed by atoms with Crippen LogP contribution in [0.25, 0.3) is 0 Å². The fraction of sp³-hybridized carbons (Fsp3) is 0.333. The van der Waals surface area contributed by atoms with Crippen molar-refractivity contribution in [1.82, 2.24) is 14.9 Å². The number of hydrogen-bond donors (Lipinski definition) is 5. The summed E-state index contributed by atoms with van der Waals surface area (Å²) in [5.74, 6) is -0.813. The normalized spacial score (nSPS) is 13.5. The largest absolute Gasteiger partial charge is 0.409 e. The molecule has 0 saturated heterocycles. The molecule has 0 radical (unpaired) electrons. The van der Waals surface area contributed by atoms with Gasteiger partial charge in [0.1, 0.15) is 12.4 Å². The first-order valence-corrected chi connectivity index (χ1v) is 5.98. The van der Waals surface area contributed by atoms with Crippen LogP contribution in [-0.2, 0) is 10.2 Å². The highest BCUT2D eigenvalue weighted by atomic mass is 32.2. The van der Waals surface area contributed by atoms with Crippen molar-refractivity contribution in [3.8, 4) is 0 Å². The number of H-pyrrole nitrogens is 1. The number of aromatic nitrogens is 2. The minimum Gasteiger partial charge on any atom is -0.409 e. The van der Waals surface area contributed by atoms with E-state index in [1.807, 2.05) is 0 Å². The van der Waals surface area contributed by atoms with Crippen LogP contribution in [-0.4, -0.2) is 42.4 Å². The summed E-state index contributed by atoms with van der Waals surface area (Å²) in [7, 11) is -4.49. The van der Waals surface area contributed by atoms with Crippen LogP contribution in [0, 0.1) is 0 Å². The quantitative estimate of drug-likeness (QED) is 0.211. The molecule has 0 saturated carbocycles. The molecule has 19 heavy (non-hydrogen) atoms. The van der Waals surface area contributed by atoms with Crippen molar-refractivity contribution in [2.45, 2.75) is 6.18 Å². The Morgan fingerprint density at radius 2 is 2.21 bits per heavy atom. The van der Waals surface area contributed by atoms with Crippen molar-refractivity contribution >= 4 is 21.9 Å². The molecule has 0 aliphatic carbocycles. The number of alkyl halides is 3. The molecule has 0 aliphatic heterocycles. The van der Waals surface area contributed by atoms with Crippen LogP contribution < -0.4 is 15.2 Å². The Labute approximate surface area is 104 Å². The molecule has 0 amide bonds. The lowest BCUT2D eigenvalue weighted by atomic mass is 10.3. The highest BCUT2D eigenvalue weighted by Gasteiger charge is 2.29. The zero-order valence-electron chi connectivity index (χ0n) is 9.06. The van der Waals surface area contributed by atoms with Gasteiger partial charge in [-0.25, -0.2) is 0 Å². The van der Waals surface area contributed by atoms with Gasteiger partial charge in [-0.1, -0.05) is 5.16 Å². The molecule has 13 heteroatoms. The van der Waals surface area contributed by atoms with Gasteiger partial charge in [0.15, 0.2) is 5.84 Å². The van der Waals surface area contributed by atoms with E-state index in [2.05, 4.69) is 15.4 Å². The SMILES string of the molecule is NC(=NO)c1cn[nH]c1NS(=O)(=O)NCC(F)(F)F. The van der Waals surface area contributed by atoms with E-state index in [4.69, 9.17) is 10.9 Å². The summed E-state index contributed by atoms with van der Waals surface area (Å²) in [6, 6.07) is 0. The van der Waals surface area contributed by atoms with E-state index in [9.17, 15) is 21.6 Å². The Bertz CT molecular complexity index is 565. The second-order valence-electron chi connectivity index (χ2n) is 3.19. The molecule has 1 heterocycles. The summed E-state index contributed by atoms with van der Waals surface area (Å²) >= 11 is 0. The van der Waals surface area contributed by atoms with Gasteiger partial charge in [-0.15, -0.1) is 0 Å². The van der Waals surface area contributed by atoms with Crippen molar-refractivity contribution < 1.29 is 26.8 Å². The van der Waals surface area contributed by atoms with Gasteiger partial charge in [-0.2, -0.15) is 31.4 Å². The van der Waals surface area contributed by atoms with E-state index in [0.29, 0.717) is 0 Å². The molecule has 0 fully saturated rings. The van der Waals surface area contributed by atoms with Gasteiger partial charge in [-0.05, 0) is 0 Å². The predicted molar refractivity (Wildman–Crippen MR) is 57.7 cm³/mol. The molecule has 108 valence electrons. The van der Waals surface area contributed by atoms with Crippen LogP contribution in [0.2, 0.25) is 0 Å². The number of nitrogens with zero attached hydrogens (tertiary/aromatic N) is 2. The number of aromatic amines is 1. The van der Waals surface area contributed by atoms with Crippen LogP contribution >= 0.6 is 0 Å². The average molecular weight is 302 g/mol. The summed E-state index contributed by atoms with van der Waals surface area (Å²) < 4.78 is 61.2. The highest BCUT2D eigenvalue weighted by Crippen LogP contribution is 2.14. The number of anilines is 1. The van der Waals surface area contributed by atoms with Gasteiger partial charge < -0.3 is 10.9 Å². The van der Waals surface area contributed by atoms with Gasteiger partial charge in [-0.3, -0.25) is 9.82 Å². The minimum absolute atomic E-state index is 0.125. The monoisotopic (exact) mass is 302 g/mol. The Balaban J connectivity index is 2.82. The zero-order valence-corrected chi connectivity index (χ0v) is 9.88. The van der Waals surface area contributed by atoms with E-state index in [1.165, 1.54) is 4.72 Å². The second kappa shape index (κ2) is 5.31. The number of halogens is 3. The van der Waals surface area contributed by atoms with Crippen molar-refractivity contribution in [1.29, 1.82) is 0 Å². The molecule has 6 N–H and O–H groups in total. The zero-order chi connectivity index (χ0) is 14.7. The van der Waals surface area contributed by atoms with E-state index < -0.39 is 28.8 Å². The first-order chi connectivity index (χ1) is 8.64.